The Morgan fingerprint density at radius 1 is 1.08 bits per heavy atom. The van der Waals surface area contributed by atoms with E-state index < -0.39 is 5.60 Å². The molecule has 4 nitrogen and oxygen atoms in total. The Balaban J connectivity index is 1.38. The minimum Gasteiger partial charge on any atom is -0.390 e. The van der Waals surface area contributed by atoms with Crippen LogP contribution in [0.1, 0.15) is 77.6 Å². The van der Waals surface area contributed by atoms with Crippen molar-refractivity contribution in [1.82, 2.24) is 10.2 Å². The van der Waals surface area contributed by atoms with Crippen LogP contribution in [0.25, 0.3) is 0 Å². The van der Waals surface area contributed by atoms with Crippen LogP contribution in [0.2, 0.25) is 0 Å². The summed E-state index contributed by atoms with van der Waals surface area (Å²) in [7, 11) is 0. The van der Waals surface area contributed by atoms with Crippen LogP contribution in [-0.2, 0) is 0 Å². The van der Waals surface area contributed by atoms with Gasteiger partial charge in [-0.3, -0.25) is 0 Å². The lowest BCUT2D eigenvalue weighted by Crippen LogP contribution is -2.54. The second-order valence-corrected chi connectivity index (χ2v) is 9.26. The number of carbonyl (C=O) groups excluding carboxylic acids is 1. The van der Waals surface area contributed by atoms with E-state index in [-0.39, 0.29) is 18.0 Å². The van der Waals surface area contributed by atoms with Crippen molar-refractivity contribution in [3.63, 3.8) is 0 Å². The molecule has 0 spiro atoms. The number of urea groups is 1. The third-order valence-corrected chi connectivity index (χ3v) is 7.66. The van der Waals surface area contributed by atoms with Gasteiger partial charge in [-0.2, -0.15) is 0 Å². The van der Waals surface area contributed by atoms with Crippen molar-refractivity contribution >= 4 is 6.03 Å². The minimum absolute atomic E-state index is 0.130. The standard InChI is InChI=1S/C20H34N2O2/c1-19(24)10-3-2-6-16(19)17-7-4-13-22(17)18(23)21-14-20(11-5-12-20)15-8-9-15/h15-17,24H,2-14H2,1H3,(H,21,23). The molecule has 1 saturated heterocycles. The lowest BCUT2D eigenvalue weighted by Gasteiger charge is -2.45. The fourth-order valence-corrected chi connectivity index (χ4v) is 5.82. The molecule has 24 heavy (non-hydrogen) atoms. The number of nitrogens with one attached hydrogen (secondary N) is 1. The van der Waals surface area contributed by atoms with Crippen LogP contribution in [-0.4, -0.2) is 40.8 Å². The number of carbonyl (C=O) groups is 1. The maximum Gasteiger partial charge on any atom is 0.317 e. The average Bonchev–Trinajstić information content (AvgIpc) is 3.23. The van der Waals surface area contributed by atoms with E-state index >= 15 is 0 Å². The summed E-state index contributed by atoms with van der Waals surface area (Å²) in [6.45, 7) is 3.72. The summed E-state index contributed by atoms with van der Waals surface area (Å²) in [6.07, 6.45) is 13.1. The van der Waals surface area contributed by atoms with Gasteiger partial charge in [-0.25, -0.2) is 4.79 Å². The molecule has 2 N–H and O–H groups in total. The van der Waals surface area contributed by atoms with E-state index in [1.165, 1.54) is 38.5 Å². The van der Waals surface area contributed by atoms with Crippen LogP contribution in [0.4, 0.5) is 4.79 Å². The van der Waals surface area contributed by atoms with Gasteiger partial charge in [0.15, 0.2) is 0 Å². The summed E-state index contributed by atoms with van der Waals surface area (Å²) in [5.41, 5.74) is -0.170. The molecule has 0 bridgehead atoms. The van der Waals surface area contributed by atoms with Crippen molar-refractivity contribution in [2.45, 2.75) is 89.2 Å². The van der Waals surface area contributed by atoms with Crippen molar-refractivity contribution in [2.75, 3.05) is 13.1 Å². The maximum absolute atomic E-state index is 12.9. The molecular weight excluding hydrogens is 300 g/mol. The normalized spacial score (nSPS) is 38.7. The van der Waals surface area contributed by atoms with Crippen molar-refractivity contribution in [1.29, 1.82) is 0 Å². The Hall–Kier alpha value is -0.770. The zero-order chi connectivity index (χ0) is 16.8. The SMILES string of the molecule is CC1(O)CCCCC1C1CCCN1C(=O)NCC1(C2CC2)CCC1. The van der Waals surface area contributed by atoms with Gasteiger partial charge < -0.3 is 15.3 Å². The molecule has 4 heteroatoms. The summed E-state index contributed by atoms with van der Waals surface area (Å²) in [6, 6.07) is 0.365. The Labute approximate surface area is 146 Å². The number of aliphatic hydroxyl groups is 1. The second kappa shape index (κ2) is 6.19. The molecule has 1 heterocycles. The Morgan fingerprint density at radius 3 is 2.50 bits per heavy atom. The van der Waals surface area contributed by atoms with Gasteiger partial charge in [0.05, 0.1) is 5.60 Å². The van der Waals surface area contributed by atoms with Crippen LogP contribution < -0.4 is 5.32 Å². The van der Waals surface area contributed by atoms with E-state index in [4.69, 9.17) is 0 Å². The van der Waals surface area contributed by atoms with Gasteiger partial charge in [-0.15, -0.1) is 0 Å². The molecule has 3 unspecified atom stereocenters. The fourth-order valence-electron chi connectivity index (χ4n) is 5.82. The summed E-state index contributed by atoms with van der Waals surface area (Å²) in [4.78, 5) is 14.9. The van der Waals surface area contributed by atoms with E-state index in [0.717, 1.165) is 51.1 Å². The highest BCUT2D eigenvalue weighted by molar-refractivity contribution is 5.75. The molecule has 2 amide bonds. The van der Waals surface area contributed by atoms with Gasteiger partial charge >= 0.3 is 6.03 Å². The number of hydrogen-bond donors (Lipinski definition) is 2. The Kier molecular flexibility index (Phi) is 4.30. The largest absolute Gasteiger partial charge is 0.390 e. The van der Waals surface area contributed by atoms with Crippen LogP contribution in [0.15, 0.2) is 0 Å². The van der Waals surface area contributed by atoms with Gasteiger partial charge in [0.2, 0.25) is 0 Å². The quantitative estimate of drug-likeness (QED) is 0.824. The molecule has 3 saturated carbocycles. The first-order valence-corrected chi connectivity index (χ1v) is 10.3. The fraction of sp³-hybridized carbons (Fsp3) is 0.950. The lowest BCUT2D eigenvalue weighted by molar-refractivity contribution is -0.0565. The molecule has 4 fully saturated rings. The highest BCUT2D eigenvalue weighted by Gasteiger charge is 2.50. The van der Waals surface area contributed by atoms with Gasteiger partial charge in [0, 0.05) is 25.0 Å². The molecular formula is C20H34N2O2. The van der Waals surface area contributed by atoms with Crippen LogP contribution in [0.5, 0.6) is 0 Å². The third kappa shape index (κ3) is 2.95. The van der Waals surface area contributed by atoms with Crippen molar-refractivity contribution < 1.29 is 9.90 Å². The van der Waals surface area contributed by atoms with Crippen LogP contribution in [0, 0.1) is 17.3 Å². The third-order valence-electron chi connectivity index (χ3n) is 7.66. The first-order chi connectivity index (χ1) is 11.5. The van der Waals surface area contributed by atoms with Gasteiger partial charge in [-0.1, -0.05) is 19.3 Å². The molecule has 0 radical (unpaired) electrons. The van der Waals surface area contributed by atoms with Crippen molar-refractivity contribution in [3.8, 4) is 0 Å². The summed E-state index contributed by atoms with van der Waals surface area (Å²) < 4.78 is 0. The van der Waals surface area contributed by atoms with E-state index in [0.29, 0.717) is 5.41 Å². The van der Waals surface area contributed by atoms with E-state index in [9.17, 15) is 9.90 Å². The average molecular weight is 335 g/mol. The monoisotopic (exact) mass is 334 g/mol. The molecule has 0 aromatic heterocycles. The van der Waals surface area contributed by atoms with Gasteiger partial charge in [0.1, 0.15) is 0 Å². The van der Waals surface area contributed by atoms with Crippen molar-refractivity contribution in [3.05, 3.63) is 0 Å². The topological polar surface area (TPSA) is 52.6 Å². The number of nitrogens with zero attached hydrogens (tertiary/aromatic N) is 1. The zero-order valence-corrected chi connectivity index (χ0v) is 15.2. The summed E-state index contributed by atoms with van der Waals surface area (Å²) in [5.74, 6) is 1.13. The van der Waals surface area contributed by atoms with Gasteiger partial charge in [-0.05, 0) is 69.6 Å². The highest BCUT2D eigenvalue weighted by atomic mass is 16.3. The first-order valence-electron chi connectivity index (χ1n) is 10.3. The Morgan fingerprint density at radius 2 is 1.88 bits per heavy atom. The molecule has 0 aromatic carbocycles. The van der Waals surface area contributed by atoms with E-state index in [2.05, 4.69) is 10.2 Å². The summed E-state index contributed by atoms with van der Waals surface area (Å²) in [5, 5.41) is 14.1. The highest BCUT2D eigenvalue weighted by Crippen LogP contribution is 2.56. The predicted octanol–water partition coefficient (Wildman–Crippen LogP) is 3.68. The number of amides is 2. The molecule has 4 rings (SSSR count). The van der Waals surface area contributed by atoms with Crippen LogP contribution in [0.3, 0.4) is 0 Å². The predicted molar refractivity (Wildman–Crippen MR) is 94.7 cm³/mol. The smallest absolute Gasteiger partial charge is 0.317 e. The molecule has 3 aliphatic carbocycles. The minimum atomic E-state index is -0.602. The number of likely N-dealkylation sites (tertiary alicyclic amines) is 1. The second-order valence-electron chi connectivity index (χ2n) is 9.26. The van der Waals surface area contributed by atoms with E-state index in [1.54, 1.807) is 0 Å². The molecule has 1 aliphatic heterocycles. The summed E-state index contributed by atoms with van der Waals surface area (Å²) >= 11 is 0. The maximum atomic E-state index is 12.9. The van der Waals surface area contributed by atoms with Crippen molar-refractivity contribution in [2.24, 2.45) is 17.3 Å². The molecule has 0 aromatic rings. The van der Waals surface area contributed by atoms with Gasteiger partial charge in [0.25, 0.3) is 0 Å². The lowest BCUT2D eigenvalue weighted by atomic mass is 9.65. The molecule has 4 aliphatic rings. The molecule has 3 atom stereocenters. The Bertz CT molecular complexity index is 482. The number of rotatable bonds is 4. The number of hydrogen-bond acceptors (Lipinski definition) is 2. The zero-order valence-electron chi connectivity index (χ0n) is 15.2. The first kappa shape index (κ1) is 16.7. The molecule has 136 valence electrons. The van der Waals surface area contributed by atoms with E-state index in [1.807, 2.05) is 6.92 Å². The van der Waals surface area contributed by atoms with Crippen LogP contribution >= 0.6 is 0 Å².